The van der Waals surface area contributed by atoms with Gasteiger partial charge < -0.3 is 9.84 Å². The molecule has 0 aromatic carbocycles. The first kappa shape index (κ1) is 11.0. The van der Waals surface area contributed by atoms with Crippen LogP contribution in [-0.2, 0) is 13.0 Å². The number of hydrogen-bond donors (Lipinski definition) is 1. The van der Waals surface area contributed by atoms with Gasteiger partial charge in [-0.05, 0) is 0 Å². The fourth-order valence-corrected chi connectivity index (χ4v) is 0.817. The Morgan fingerprint density at radius 3 is 2.64 bits per heavy atom. The van der Waals surface area contributed by atoms with Crippen molar-refractivity contribution in [3.8, 4) is 0 Å². The van der Waals surface area contributed by atoms with E-state index in [1.807, 2.05) is 6.92 Å². The van der Waals surface area contributed by atoms with Crippen LogP contribution in [-0.4, -0.2) is 22.9 Å². The van der Waals surface area contributed by atoms with Gasteiger partial charge in [0.15, 0.2) is 5.82 Å². The van der Waals surface area contributed by atoms with Gasteiger partial charge in [-0.3, -0.25) is 0 Å². The van der Waals surface area contributed by atoms with Crippen molar-refractivity contribution in [1.29, 1.82) is 0 Å². The predicted octanol–water partition coefficient (Wildman–Crippen LogP) is 1.28. The number of rotatable bonds is 4. The summed E-state index contributed by atoms with van der Waals surface area (Å²) >= 11 is 0. The highest BCUT2D eigenvalue weighted by Crippen LogP contribution is 2.12. The summed E-state index contributed by atoms with van der Waals surface area (Å²) in [5, 5.41) is 5.70. The zero-order valence-corrected chi connectivity index (χ0v) is 7.56. The molecule has 14 heavy (non-hydrogen) atoms. The lowest BCUT2D eigenvalue weighted by atomic mass is 10.5. The molecule has 0 saturated carbocycles. The second-order valence-electron chi connectivity index (χ2n) is 2.68. The van der Waals surface area contributed by atoms with Crippen LogP contribution in [0.4, 0.5) is 13.2 Å². The molecule has 1 aromatic rings. The van der Waals surface area contributed by atoms with Gasteiger partial charge in [0.25, 0.3) is 0 Å². The maximum Gasteiger partial charge on any atom is 0.401 e. The Morgan fingerprint density at radius 2 is 2.14 bits per heavy atom. The molecule has 0 aliphatic rings. The SMILES string of the molecule is CCc1noc(CNCC(F)(F)F)n1. The summed E-state index contributed by atoms with van der Waals surface area (Å²) in [5.74, 6) is 0.667. The van der Waals surface area contributed by atoms with Crippen LogP contribution in [0.3, 0.4) is 0 Å². The Labute approximate surface area is 78.5 Å². The highest BCUT2D eigenvalue weighted by Gasteiger charge is 2.26. The van der Waals surface area contributed by atoms with Crippen molar-refractivity contribution in [3.05, 3.63) is 11.7 Å². The number of halogens is 3. The van der Waals surface area contributed by atoms with Crippen molar-refractivity contribution in [1.82, 2.24) is 15.5 Å². The zero-order chi connectivity index (χ0) is 10.6. The van der Waals surface area contributed by atoms with Crippen LogP contribution in [0.25, 0.3) is 0 Å². The van der Waals surface area contributed by atoms with Crippen LogP contribution in [0.1, 0.15) is 18.6 Å². The molecule has 1 aromatic heterocycles. The van der Waals surface area contributed by atoms with Gasteiger partial charge in [-0.25, -0.2) is 0 Å². The smallest absolute Gasteiger partial charge is 0.338 e. The molecule has 0 radical (unpaired) electrons. The Hall–Kier alpha value is -1.11. The van der Waals surface area contributed by atoms with Crippen molar-refractivity contribution in [2.45, 2.75) is 26.1 Å². The molecule has 4 nitrogen and oxygen atoms in total. The molecule has 0 bridgehead atoms. The Kier molecular flexibility index (Phi) is 3.45. The summed E-state index contributed by atoms with van der Waals surface area (Å²) in [7, 11) is 0. The highest BCUT2D eigenvalue weighted by atomic mass is 19.4. The molecule has 0 spiro atoms. The molecule has 1 rings (SSSR count). The van der Waals surface area contributed by atoms with E-state index in [1.165, 1.54) is 0 Å². The van der Waals surface area contributed by atoms with E-state index in [0.717, 1.165) is 0 Å². The van der Waals surface area contributed by atoms with Gasteiger partial charge in [-0.2, -0.15) is 18.2 Å². The molecule has 1 heterocycles. The molecule has 7 heteroatoms. The minimum atomic E-state index is -4.21. The van der Waals surface area contributed by atoms with E-state index < -0.39 is 12.7 Å². The lowest BCUT2D eigenvalue weighted by molar-refractivity contribution is -0.125. The number of nitrogens with zero attached hydrogens (tertiary/aromatic N) is 2. The van der Waals surface area contributed by atoms with E-state index >= 15 is 0 Å². The lowest BCUT2D eigenvalue weighted by Crippen LogP contribution is -2.28. The summed E-state index contributed by atoms with van der Waals surface area (Å²) in [5.41, 5.74) is 0. The summed E-state index contributed by atoms with van der Waals surface area (Å²) < 4.78 is 39.8. The van der Waals surface area contributed by atoms with Crippen LogP contribution in [0.2, 0.25) is 0 Å². The molecule has 0 saturated heterocycles. The number of hydrogen-bond acceptors (Lipinski definition) is 4. The first-order chi connectivity index (χ1) is 6.51. The molecule has 1 N–H and O–H groups in total. The molecule has 0 aliphatic heterocycles. The van der Waals surface area contributed by atoms with Gasteiger partial charge in [0.1, 0.15) is 0 Å². The third-order valence-corrected chi connectivity index (χ3v) is 1.43. The first-order valence-corrected chi connectivity index (χ1v) is 4.10. The Morgan fingerprint density at radius 1 is 1.43 bits per heavy atom. The largest absolute Gasteiger partial charge is 0.401 e. The van der Waals surface area contributed by atoms with Gasteiger partial charge >= 0.3 is 6.18 Å². The van der Waals surface area contributed by atoms with Gasteiger partial charge in [-0.15, -0.1) is 0 Å². The average molecular weight is 209 g/mol. The van der Waals surface area contributed by atoms with Crippen LogP contribution in [0.5, 0.6) is 0 Å². The fraction of sp³-hybridized carbons (Fsp3) is 0.714. The van der Waals surface area contributed by atoms with Crippen LogP contribution in [0.15, 0.2) is 4.52 Å². The first-order valence-electron chi connectivity index (χ1n) is 4.10. The van der Waals surface area contributed by atoms with Gasteiger partial charge in [0.05, 0.1) is 13.1 Å². The molecular formula is C7H10F3N3O. The third kappa shape index (κ3) is 3.73. The summed E-state index contributed by atoms with van der Waals surface area (Å²) in [6.07, 6.45) is -3.61. The molecule has 80 valence electrons. The third-order valence-electron chi connectivity index (χ3n) is 1.43. The Bertz CT molecular complexity index is 284. The van der Waals surface area contributed by atoms with E-state index in [2.05, 4.69) is 20.0 Å². The van der Waals surface area contributed by atoms with E-state index in [9.17, 15) is 13.2 Å². The lowest BCUT2D eigenvalue weighted by Gasteiger charge is -2.05. The second kappa shape index (κ2) is 4.41. The average Bonchev–Trinajstić information content (AvgIpc) is 2.50. The molecule has 0 atom stereocenters. The van der Waals surface area contributed by atoms with E-state index in [4.69, 9.17) is 0 Å². The monoisotopic (exact) mass is 209 g/mol. The van der Waals surface area contributed by atoms with Gasteiger partial charge in [0, 0.05) is 6.42 Å². The summed E-state index contributed by atoms with van der Waals surface area (Å²) in [6.45, 7) is 0.709. The fourth-order valence-electron chi connectivity index (χ4n) is 0.817. The van der Waals surface area contributed by atoms with Gasteiger partial charge in [0.2, 0.25) is 5.89 Å². The number of alkyl halides is 3. The summed E-state index contributed by atoms with van der Waals surface area (Å²) in [4.78, 5) is 3.84. The topological polar surface area (TPSA) is 51.0 Å². The molecular weight excluding hydrogens is 199 g/mol. The number of aromatic nitrogens is 2. The quantitative estimate of drug-likeness (QED) is 0.811. The van der Waals surface area contributed by atoms with Gasteiger partial charge in [-0.1, -0.05) is 12.1 Å². The van der Waals surface area contributed by atoms with Crippen LogP contribution in [0, 0.1) is 0 Å². The molecule has 0 amide bonds. The van der Waals surface area contributed by atoms with Crippen molar-refractivity contribution < 1.29 is 17.7 Å². The van der Waals surface area contributed by atoms with Crippen LogP contribution < -0.4 is 5.32 Å². The predicted molar refractivity (Wildman–Crippen MR) is 41.4 cm³/mol. The van der Waals surface area contributed by atoms with Crippen LogP contribution >= 0.6 is 0 Å². The molecule has 0 fully saturated rings. The standard InChI is InChI=1S/C7H10F3N3O/c1-2-5-12-6(14-13-5)3-11-4-7(8,9)10/h11H,2-4H2,1H3. The minimum absolute atomic E-state index is 0.0630. The minimum Gasteiger partial charge on any atom is -0.338 e. The molecule has 0 unspecified atom stereocenters. The van der Waals surface area contributed by atoms with E-state index in [0.29, 0.717) is 12.2 Å². The van der Waals surface area contributed by atoms with Crippen molar-refractivity contribution in [3.63, 3.8) is 0 Å². The van der Waals surface area contributed by atoms with Crippen molar-refractivity contribution in [2.75, 3.05) is 6.54 Å². The number of nitrogens with one attached hydrogen (secondary N) is 1. The molecule has 0 aliphatic carbocycles. The zero-order valence-electron chi connectivity index (χ0n) is 7.56. The van der Waals surface area contributed by atoms with E-state index in [1.54, 1.807) is 0 Å². The second-order valence-corrected chi connectivity index (χ2v) is 2.68. The summed E-state index contributed by atoms with van der Waals surface area (Å²) in [6, 6.07) is 0. The normalized spacial score (nSPS) is 12.0. The van der Waals surface area contributed by atoms with Crippen molar-refractivity contribution >= 4 is 0 Å². The number of aryl methyl sites for hydroxylation is 1. The highest BCUT2D eigenvalue weighted by molar-refractivity contribution is 4.84. The van der Waals surface area contributed by atoms with E-state index in [-0.39, 0.29) is 12.4 Å². The van der Waals surface area contributed by atoms with Crippen molar-refractivity contribution in [2.24, 2.45) is 0 Å². The Balaban J connectivity index is 2.31. The maximum absolute atomic E-state index is 11.7. The maximum atomic E-state index is 11.7.